The number of carbonyl (C=O) groups excluding carboxylic acids is 1. The zero-order valence-electron chi connectivity index (χ0n) is 11.5. The van der Waals surface area contributed by atoms with Gasteiger partial charge in [-0.25, -0.2) is 4.98 Å². The van der Waals surface area contributed by atoms with Gasteiger partial charge in [0, 0.05) is 24.6 Å². The van der Waals surface area contributed by atoms with Crippen LogP contribution in [0.2, 0.25) is 0 Å². The fourth-order valence-electron chi connectivity index (χ4n) is 2.30. The molecular weight excluding hydrogens is 276 g/mol. The SMILES string of the molecule is CC(NC(=O)c1sc(NC2CC2)nc1N)C1CCOC1. The lowest BCUT2D eigenvalue weighted by molar-refractivity contribution is 0.0927. The van der Waals surface area contributed by atoms with Gasteiger partial charge in [-0.2, -0.15) is 0 Å². The van der Waals surface area contributed by atoms with Crippen LogP contribution in [-0.4, -0.2) is 36.2 Å². The van der Waals surface area contributed by atoms with E-state index in [1.807, 2.05) is 6.92 Å². The summed E-state index contributed by atoms with van der Waals surface area (Å²) in [5, 5.41) is 7.02. The number of nitrogens with one attached hydrogen (secondary N) is 2. The van der Waals surface area contributed by atoms with Crippen molar-refractivity contribution in [2.45, 2.75) is 38.3 Å². The van der Waals surface area contributed by atoms with E-state index in [2.05, 4.69) is 15.6 Å². The van der Waals surface area contributed by atoms with Crippen LogP contribution in [0.3, 0.4) is 0 Å². The predicted octanol–water partition coefficient (Wildman–Crippen LogP) is 1.45. The Morgan fingerprint density at radius 2 is 2.30 bits per heavy atom. The first-order valence-electron chi connectivity index (χ1n) is 7.05. The second-order valence-corrected chi connectivity index (χ2v) is 6.54. The number of ether oxygens (including phenoxy) is 1. The van der Waals surface area contributed by atoms with E-state index in [9.17, 15) is 4.79 Å². The number of anilines is 2. The summed E-state index contributed by atoms with van der Waals surface area (Å²) in [5.74, 6) is 0.561. The quantitative estimate of drug-likeness (QED) is 0.765. The topological polar surface area (TPSA) is 89.3 Å². The Bertz CT molecular complexity index is 495. The Morgan fingerprint density at radius 3 is 2.95 bits per heavy atom. The minimum absolute atomic E-state index is 0.0892. The zero-order chi connectivity index (χ0) is 14.1. The number of nitrogen functional groups attached to an aromatic ring is 1. The van der Waals surface area contributed by atoms with Gasteiger partial charge in [-0.05, 0) is 26.2 Å². The van der Waals surface area contributed by atoms with E-state index in [0.29, 0.717) is 29.3 Å². The van der Waals surface area contributed by atoms with Gasteiger partial charge in [0.25, 0.3) is 5.91 Å². The van der Waals surface area contributed by atoms with E-state index in [4.69, 9.17) is 10.5 Å². The summed E-state index contributed by atoms with van der Waals surface area (Å²) in [6, 6.07) is 0.595. The Hall–Kier alpha value is -1.34. The van der Waals surface area contributed by atoms with Crippen LogP contribution in [0.1, 0.15) is 35.9 Å². The third-order valence-corrected chi connectivity index (χ3v) is 4.80. The van der Waals surface area contributed by atoms with E-state index in [-0.39, 0.29) is 11.9 Å². The normalized spacial score (nSPS) is 23.6. The Morgan fingerprint density at radius 1 is 1.50 bits per heavy atom. The summed E-state index contributed by atoms with van der Waals surface area (Å²) in [6.07, 6.45) is 3.33. The molecule has 4 N–H and O–H groups in total. The highest BCUT2D eigenvalue weighted by atomic mass is 32.1. The van der Waals surface area contributed by atoms with Gasteiger partial charge in [-0.1, -0.05) is 11.3 Å². The maximum absolute atomic E-state index is 12.3. The number of hydrogen-bond donors (Lipinski definition) is 3. The van der Waals surface area contributed by atoms with Gasteiger partial charge in [-0.3, -0.25) is 4.79 Å². The second kappa shape index (κ2) is 5.57. The van der Waals surface area contributed by atoms with E-state index >= 15 is 0 Å². The molecule has 2 fully saturated rings. The summed E-state index contributed by atoms with van der Waals surface area (Å²) in [7, 11) is 0. The molecule has 1 amide bonds. The van der Waals surface area contributed by atoms with Crippen LogP contribution < -0.4 is 16.4 Å². The number of hydrogen-bond acceptors (Lipinski definition) is 6. The highest BCUT2D eigenvalue weighted by Crippen LogP contribution is 2.30. The van der Waals surface area contributed by atoms with E-state index in [1.165, 1.54) is 24.2 Å². The first-order chi connectivity index (χ1) is 9.63. The molecule has 1 saturated carbocycles. The summed E-state index contributed by atoms with van der Waals surface area (Å²) in [6.45, 7) is 3.51. The first kappa shape index (κ1) is 13.6. The number of thiazole rings is 1. The molecule has 1 aromatic heterocycles. The predicted molar refractivity (Wildman–Crippen MR) is 79.0 cm³/mol. The molecule has 2 atom stereocenters. The van der Waals surface area contributed by atoms with E-state index in [0.717, 1.165) is 18.2 Å². The number of nitrogens with two attached hydrogens (primary N) is 1. The van der Waals surface area contributed by atoms with Gasteiger partial charge >= 0.3 is 0 Å². The lowest BCUT2D eigenvalue weighted by Gasteiger charge is -2.18. The molecule has 0 spiro atoms. The maximum atomic E-state index is 12.3. The molecule has 2 unspecified atom stereocenters. The Balaban J connectivity index is 1.61. The van der Waals surface area contributed by atoms with Crippen LogP contribution in [0.25, 0.3) is 0 Å². The van der Waals surface area contributed by atoms with Gasteiger partial charge in [0.2, 0.25) is 0 Å². The van der Waals surface area contributed by atoms with Crippen molar-refractivity contribution in [1.29, 1.82) is 0 Å². The molecular formula is C13H20N4O2S. The highest BCUT2D eigenvalue weighted by Gasteiger charge is 2.27. The van der Waals surface area contributed by atoms with Crippen molar-refractivity contribution < 1.29 is 9.53 Å². The number of aromatic nitrogens is 1. The smallest absolute Gasteiger partial charge is 0.265 e. The van der Waals surface area contributed by atoms with Crippen molar-refractivity contribution in [2.24, 2.45) is 5.92 Å². The average Bonchev–Trinajstić information content (AvgIpc) is 2.92. The fourth-order valence-corrected chi connectivity index (χ4v) is 3.16. The molecule has 6 nitrogen and oxygen atoms in total. The molecule has 7 heteroatoms. The van der Waals surface area contributed by atoms with Crippen molar-refractivity contribution in [3.63, 3.8) is 0 Å². The van der Waals surface area contributed by atoms with Gasteiger partial charge in [-0.15, -0.1) is 0 Å². The summed E-state index contributed by atoms with van der Waals surface area (Å²) in [4.78, 5) is 17.0. The number of amides is 1. The number of nitrogens with zero attached hydrogens (tertiary/aromatic N) is 1. The lowest BCUT2D eigenvalue weighted by atomic mass is 10.0. The molecule has 0 radical (unpaired) electrons. The third kappa shape index (κ3) is 3.04. The van der Waals surface area contributed by atoms with Crippen LogP contribution in [0.5, 0.6) is 0 Å². The van der Waals surface area contributed by atoms with Crippen LogP contribution in [0.4, 0.5) is 10.9 Å². The van der Waals surface area contributed by atoms with E-state index in [1.54, 1.807) is 0 Å². The molecule has 0 bridgehead atoms. The van der Waals surface area contributed by atoms with Crippen molar-refractivity contribution in [3.8, 4) is 0 Å². The van der Waals surface area contributed by atoms with Crippen LogP contribution in [0, 0.1) is 5.92 Å². The molecule has 2 aliphatic rings. The van der Waals surface area contributed by atoms with Crippen molar-refractivity contribution in [1.82, 2.24) is 10.3 Å². The van der Waals surface area contributed by atoms with Crippen LogP contribution >= 0.6 is 11.3 Å². The van der Waals surface area contributed by atoms with Crippen LogP contribution in [-0.2, 0) is 4.74 Å². The second-order valence-electron chi connectivity index (χ2n) is 5.54. The molecule has 110 valence electrons. The first-order valence-corrected chi connectivity index (χ1v) is 7.86. The molecule has 3 rings (SSSR count). The van der Waals surface area contributed by atoms with Gasteiger partial charge in [0.15, 0.2) is 5.13 Å². The maximum Gasteiger partial charge on any atom is 0.265 e. The highest BCUT2D eigenvalue weighted by molar-refractivity contribution is 7.18. The largest absolute Gasteiger partial charge is 0.382 e. The average molecular weight is 296 g/mol. The van der Waals surface area contributed by atoms with Crippen molar-refractivity contribution in [2.75, 3.05) is 24.3 Å². The minimum atomic E-state index is -0.136. The molecule has 1 aliphatic carbocycles. The standard InChI is InChI=1S/C13H20N4O2S/c1-7(8-4-5-19-6-8)15-12(18)10-11(14)17-13(20-10)16-9-2-3-9/h7-9H,2-6,14H2,1H3,(H,15,18)(H,16,17). The minimum Gasteiger partial charge on any atom is -0.382 e. The van der Waals surface area contributed by atoms with Gasteiger partial charge < -0.3 is 21.1 Å². The summed E-state index contributed by atoms with van der Waals surface area (Å²) in [5.41, 5.74) is 5.84. The van der Waals surface area contributed by atoms with Crippen molar-refractivity contribution >= 4 is 28.2 Å². The fraction of sp³-hybridized carbons (Fsp3) is 0.692. The van der Waals surface area contributed by atoms with Gasteiger partial charge in [0.05, 0.1) is 6.61 Å². The van der Waals surface area contributed by atoms with Crippen LogP contribution in [0.15, 0.2) is 0 Å². The molecule has 2 heterocycles. The lowest BCUT2D eigenvalue weighted by Crippen LogP contribution is -2.38. The summed E-state index contributed by atoms with van der Waals surface area (Å²) < 4.78 is 5.35. The molecule has 1 aliphatic heterocycles. The molecule has 1 saturated heterocycles. The number of rotatable bonds is 5. The van der Waals surface area contributed by atoms with Crippen molar-refractivity contribution in [3.05, 3.63) is 4.88 Å². The van der Waals surface area contributed by atoms with Gasteiger partial charge in [0.1, 0.15) is 10.7 Å². The molecule has 0 aromatic carbocycles. The Labute approximate surface area is 122 Å². The third-order valence-electron chi connectivity index (χ3n) is 3.80. The summed E-state index contributed by atoms with van der Waals surface area (Å²) >= 11 is 1.33. The monoisotopic (exact) mass is 296 g/mol. The molecule has 1 aromatic rings. The zero-order valence-corrected chi connectivity index (χ0v) is 12.3. The molecule has 20 heavy (non-hydrogen) atoms. The number of carbonyl (C=O) groups is 1. The van der Waals surface area contributed by atoms with E-state index < -0.39 is 0 Å². The Kier molecular flexibility index (Phi) is 3.80.